The Balaban J connectivity index is 1.67. The number of nitrogens with two attached hydrogens (primary N) is 1. The number of fused-ring (bicyclic) bond motifs is 1. The molecule has 0 bridgehead atoms. The first-order valence-corrected chi connectivity index (χ1v) is 9.28. The molecular formula is C19H25N3O6. The Hall–Kier alpha value is -2.81. The zero-order valence-electron chi connectivity index (χ0n) is 15.9. The van der Waals surface area contributed by atoms with Gasteiger partial charge < -0.3 is 29.7 Å². The van der Waals surface area contributed by atoms with Gasteiger partial charge in [-0.05, 0) is 37.1 Å². The predicted octanol–water partition coefficient (Wildman–Crippen LogP) is -0.233. The lowest BCUT2D eigenvalue weighted by atomic mass is 9.98. The van der Waals surface area contributed by atoms with Gasteiger partial charge in [-0.15, -0.1) is 0 Å². The molecular weight excluding hydrogens is 366 g/mol. The summed E-state index contributed by atoms with van der Waals surface area (Å²) in [6.45, 7) is 2.03. The van der Waals surface area contributed by atoms with Crippen molar-refractivity contribution in [3.8, 4) is 11.5 Å². The number of nitrogens with zero attached hydrogens (tertiary/aromatic N) is 2. The average molecular weight is 391 g/mol. The second kappa shape index (κ2) is 8.92. The topological polar surface area (TPSA) is 111 Å². The summed E-state index contributed by atoms with van der Waals surface area (Å²) >= 11 is 0. The molecule has 0 aromatic heterocycles. The first-order valence-electron chi connectivity index (χ1n) is 9.28. The molecule has 1 saturated heterocycles. The largest absolute Gasteiger partial charge is 0.469 e. The van der Waals surface area contributed by atoms with Gasteiger partial charge in [0.25, 0.3) is 0 Å². The maximum atomic E-state index is 12.5. The third-order valence-electron chi connectivity index (χ3n) is 4.92. The molecule has 2 heterocycles. The van der Waals surface area contributed by atoms with Gasteiger partial charge in [-0.25, -0.2) is 0 Å². The van der Waals surface area contributed by atoms with E-state index in [0.717, 1.165) is 5.56 Å². The lowest BCUT2D eigenvalue weighted by Gasteiger charge is -2.35. The predicted molar refractivity (Wildman–Crippen MR) is 98.6 cm³/mol. The van der Waals surface area contributed by atoms with Crippen LogP contribution in [0, 0.1) is 5.92 Å². The van der Waals surface area contributed by atoms with Crippen molar-refractivity contribution >= 4 is 17.8 Å². The minimum absolute atomic E-state index is 0.121. The Labute approximate surface area is 163 Å². The van der Waals surface area contributed by atoms with Crippen LogP contribution in [0.5, 0.6) is 11.5 Å². The van der Waals surface area contributed by atoms with E-state index in [1.165, 1.54) is 16.9 Å². The molecule has 3 rings (SSSR count). The van der Waals surface area contributed by atoms with E-state index in [9.17, 15) is 14.4 Å². The van der Waals surface area contributed by atoms with Crippen LogP contribution in [0.4, 0.5) is 0 Å². The zero-order chi connectivity index (χ0) is 20.1. The molecule has 2 N–H and O–H groups in total. The summed E-state index contributed by atoms with van der Waals surface area (Å²) < 4.78 is 15.6. The van der Waals surface area contributed by atoms with Crippen molar-refractivity contribution in [1.82, 2.24) is 9.80 Å². The summed E-state index contributed by atoms with van der Waals surface area (Å²) in [5.74, 6) is -0.871. The lowest BCUT2D eigenvalue weighted by Crippen LogP contribution is -2.56. The Morgan fingerprint density at radius 1 is 1.18 bits per heavy atom. The summed E-state index contributed by atoms with van der Waals surface area (Å²) in [6.07, 6.45) is 1.01. The highest BCUT2D eigenvalue weighted by atomic mass is 16.7. The van der Waals surface area contributed by atoms with E-state index in [1.54, 1.807) is 6.07 Å². The van der Waals surface area contributed by atoms with Crippen LogP contribution in [0.2, 0.25) is 0 Å². The fraction of sp³-hybridized carbons (Fsp3) is 0.526. The summed E-state index contributed by atoms with van der Waals surface area (Å²) in [6, 6.07) is 5.45. The monoisotopic (exact) mass is 391 g/mol. The zero-order valence-corrected chi connectivity index (χ0v) is 15.9. The number of carbonyl (C=O) groups excluding carboxylic acids is 3. The Morgan fingerprint density at radius 3 is 2.64 bits per heavy atom. The van der Waals surface area contributed by atoms with Crippen molar-refractivity contribution in [1.29, 1.82) is 0 Å². The fourth-order valence-electron chi connectivity index (χ4n) is 3.39. The molecule has 1 aromatic rings. The van der Waals surface area contributed by atoms with E-state index >= 15 is 0 Å². The van der Waals surface area contributed by atoms with Crippen molar-refractivity contribution in [2.45, 2.75) is 12.8 Å². The number of hydrogen-bond acceptors (Lipinski definition) is 7. The molecule has 1 atom stereocenters. The van der Waals surface area contributed by atoms with Crippen LogP contribution >= 0.6 is 0 Å². The van der Waals surface area contributed by atoms with Gasteiger partial charge in [-0.3, -0.25) is 14.4 Å². The first kappa shape index (κ1) is 19.9. The fourth-order valence-corrected chi connectivity index (χ4v) is 3.39. The Morgan fingerprint density at radius 2 is 1.89 bits per heavy atom. The number of ether oxygens (including phenoxy) is 3. The summed E-state index contributed by atoms with van der Waals surface area (Å²) in [4.78, 5) is 40.0. The van der Waals surface area contributed by atoms with Gasteiger partial charge in [0.1, 0.15) is 0 Å². The number of carbonyl (C=O) groups is 3. The molecule has 0 saturated carbocycles. The van der Waals surface area contributed by atoms with Crippen LogP contribution < -0.4 is 15.2 Å². The molecule has 0 radical (unpaired) electrons. The number of methoxy groups -OCH3 is 1. The van der Waals surface area contributed by atoms with Gasteiger partial charge in [0.05, 0.1) is 13.0 Å². The van der Waals surface area contributed by atoms with E-state index in [4.69, 9.17) is 19.9 Å². The van der Waals surface area contributed by atoms with Crippen molar-refractivity contribution < 1.29 is 28.6 Å². The second-order valence-electron chi connectivity index (χ2n) is 6.80. The Bertz CT molecular complexity index is 753. The van der Waals surface area contributed by atoms with Gasteiger partial charge in [0, 0.05) is 26.2 Å². The van der Waals surface area contributed by atoms with Gasteiger partial charge >= 0.3 is 17.8 Å². The van der Waals surface area contributed by atoms with Crippen LogP contribution in [-0.4, -0.2) is 74.2 Å². The molecule has 1 unspecified atom stereocenters. The van der Waals surface area contributed by atoms with Gasteiger partial charge in [-0.1, -0.05) is 6.07 Å². The van der Waals surface area contributed by atoms with E-state index < -0.39 is 23.7 Å². The normalized spacial score (nSPS) is 17.1. The number of hydrogen-bond donors (Lipinski definition) is 1. The molecule has 0 spiro atoms. The van der Waals surface area contributed by atoms with Crippen molar-refractivity contribution in [2.75, 3.05) is 46.6 Å². The highest BCUT2D eigenvalue weighted by Crippen LogP contribution is 2.33. The molecule has 9 heteroatoms. The van der Waals surface area contributed by atoms with E-state index in [0.29, 0.717) is 50.5 Å². The van der Waals surface area contributed by atoms with Crippen LogP contribution in [0.25, 0.3) is 0 Å². The second-order valence-corrected chi connectivity index (χ2v) is 6.80. The molecule has 9 nitrogen and oxygen atoms in total. The highest BCUT2D eigenvalue weighted by molar-refractivity contribution is 6.35. The van der Waals surface area contributed by atoms with Crippen LogP contribution in [0.1, 0.15) is 12.0 Å². The van der Waals surface area contributed by atoms with Gasteiger partial charge in [0.2, 0.25) is 6.79 Å². The number of benzene rings is 1. The minimum Gasteiger partial charge on any atom is -0.469 e. The SMILES string of the molecule is COC(=O)C(Cc1ccc2c(c1)OCO2)CN1CCN(CCCN)C(=O)C1=O. The van der Waals surface area contributed by atoms with Crippen molar-refractivity contribution in [3.63, 3.8) is 0 Å². The summed E-state index contributed by atoms with van der Waals surface area (Å²) in [5, 5.41) is 0. The van der Waals surface area contributed by atoms with E-state index in [-0.39, 0.29) is 13.3 Å². The van der Waals surface area contributed by atoms with Gasteiger partial charge in [-0.2, -0.15) is 0 Å². The molecule has 0 aliphatic carbocycles. The Kier molecular flexibility index (Phi) is 6.35. The van der Waals surface area contributed by atoms with Crippen molar-refractivity contribution in [2.24, 2.45) is 11.7 Å². The van der Waals surface area contributed by atoms with Crippen LogP contribution in [0.15, 0.2) is 18.2 Å². The molecule has 1 aromatic carbocycles. The van der Waals surface area contributed by atoms with E-state index in [1.807, 2.05) is 12.1 Å². The molecule has 2 amide bonds. The van der Waals surface area contributed by atoms with Crippen molar-refractivity contribution in [3.05, 3.63) is 23.8 Å². The maximum absolute atomic E-state index is 12.5. The standard InChI is InChI=1S/C19H25N3O6/c1-26-19(25)14(9-13-3-4-15-16(10-13)28-12-27-15)11-22-8-7-21(6-2-5-20)17(23)18(22)24/h3-4,10,14H,2,5-9,11-12,20H2,1H3. The third kappa shape index (κ3) is 4.36. The number of piperazine rings is 1. The molecule has 1 fully saturated rings. The average Bonchev–Trinajstić information content (AvgIpc) is 3.17. The third-order valence-corrected chi connectivity index (χ3v) is 4.92. The molecule has 2 aliphatic rings. The molecule has 2 aliphatic heterocycles. The van der Waals surface area contributed by atoms with Crippen LogP contribution in [-0.2, 0) is 25.5 Å². The summed E-state index contributed by atoms with van der Waals surface area (Å²) in [7, 11) is 1.31. The first-order chi connectivity index (χ1) is 13.5. The van der Waals surface area contributed by atoms with Gasteiger partial charge in [0.15, 0.2) is 11.5 Å². The highest BCUT2D eigenvalue weighted by Gasteiger charge is 2.35. The smallest absolute Gasteiger partial charge is 0.312 e. The maximum Gasteiger partial charge on any atom is 0.312 e. The number of esters is 1. The number of amides is 2. The number of rotatable bonds is 8. The van der Waals surface area contributed by atoms with Crippen LogP contribution in [0.3, 0.4) is 0 Å². The summed E-state index contributed by atoms with van der Waals surface area (Å²) in [5.41, 5.74) is 6.33. The minimum atomic E-state index is -0.595. The van der Waals surface area contributed by atoms with E-state index in [2.05, 4.69) is 0 Å². The lowest BCUT2D eigenvalue weighted by molar-refractivity contribution is -0.158. The quantitative estimate of drug-likeness (QED) is 0.481. The molecule has 28 heavy (non-hydrogen) atoms. The molecule has 152 valence electrons.